The van der Waals surface area contributed by atoms with Gasteiger partial charge in [-0.05, 0) is 25.5 Å². The van der Waals surface area contributed by atoms with Gasteiger partial charge in [-0.15, -0.1) is 0 Å². The predicted molar refractivity (Wildman–Crippen MR) is 59.6 cm³/mol. The molecule has 4 heteroatoms. The topological polar surface area (TPSA) is 42.7 Å². The molecule has 0 radical (unpaired) electrons. The largest absolute Gasteiger partial charge is 0.278 e. The predicted octanol–water partition coefficient (Wildman–Crippen LogP) is 2.02. The fraction of sp³-hybridized carbons (Fsp3) is 0.273. The van der Waals surface area contributed by atoms with Crippen molar-refractivity contribution in [2.24, 2.45) is 0 Å². The molecule has 0 unspecified atom stereocenters. The zero-order valence-corrected chi connectivity index (χ0v) is 8.94. The minimum atomic E-state index is 0.795. The van der Waals surface area contributed by atoms with Crippen LogP contribution in [0.5, 0.6) is 0 Å². The molecule has 0 aromatic carbocycles. The van der Waals surface area contributed by atoms with Gasteiger partial charge in [0.1, 0.15) is 11.6 Å². The van der Waals surface area contributed by atoms with Crippen LogP contribution in [0.1, 0.15) is 18.4 Å². The van der Waals surface area contributed by atoms with E-state index in [1.165, 1.54) is 0 Å². The summed E-state index contributed by atoms with van der Waals surface area (Å²) in [6.07, 6.45) is 4.79. The summed E-state index contributed by atoms with van der Waals surface area (Å²) in [5.41, 5.74) is 4.22. The molecule has 2 aromatic rings. The van der Waals surface area contributed by atoms with Crippen LogP contribution in [0, 0.1) is 6.92 Å². The van der Waals surface area contributed by atoms with E-state index in [4.69, 9.17) is 0 Å². The molecule has 0 spiro atoms. The van der Waals surface area contributed by atoms with E-state index in [0.29, 0.717) is 0 Å². The van der Waals surface area contributed by atoms with Gasteiger partial charge in [-0.2, -0.15) is 0 Å². The van der Waals surface area contributed by atoms with E-state index in [-0.39, 0.29) is 0 Å². The molecule has 0 atom stereocenters. The van der Waals surface area contributed by atoms with E-state index in [0.717, 1.165) is 23.8 Å². The number of aromatic nitrogens is 3. The van der Waals surface area contributed by atoms with Crippen LogP contribution in [0.2, 0.25) is 0 Å². The Morgan fingerprint density at radius 2 is 2.00 bits per heavy atom. The van der Waals surface area contributed by atoms with Crippen LogP contribution in [-0.2, 0) is 6.42 Å². The number of hydrogen-bond acceptors (Lipinski definition) is 3. The van der Waals surface area contributed by atoms with E-state index >= 15 is 0 Å². The Kier molecular flexibility index (Phi) is 2.67. The fourth-order valence-electron chi connectivity index (χ4n) is 1.41. The summed E-state index contributed by atoms with van der Waals surface area (Å²) in [6, 6.07) is 5.89. The number of aryl methyl sites for hydroxylation is 2. The van der Waals surface area contributed by atoms with Crippen molar-refractivity contribution in [3.63, 3.8) is 0 Å². The molecular weight excluding hydrogens is 188 g/mol. The first kappa shape index (κ1) is 9.71. The van der Waals surface area contributed by atoms with Crippen molar-refractivity contribution < 1.29 is 0 Å². The summed E-state index contributed by atoms with van der Waals surface area (Å²) >= 11 is 0. The zero-order chi connectivity index (χ0) is 10.7. The lowest BCUT2D eigenvalue weighted by atomic mass is 10.3. The van der Waals surface area contributed by atoms with Gasteiger partial charge in [-0.25, -0.2) is 9.97 Å². The molecule has 0 saturated heterocycles. The Balaban J connectivity index is 2.24. The molecule has 0 fully saturated rings. The van der Waals surface area contributed by atoms with Gasteiger partial charge in [0.05, 0.1) is 0 Å². The maximum absolute atomic E-state index is 4.32. The highest BCUT2D eigenvalue weighted by Gasteiger charge is 1.99. The summed E-state index contributed by atoms with van der Waals surface area (Å²) in [4.78, 5) is 8.63. The molecule has 2 aromatic heterocycles. The average molecular weight is 202 g/mol. The number of nitrogens with zero attached hydrogens (tertiary/aromatic N) is 3. The normalized spacial score (nSPS) is 10.3. The van der Waals surface area contributed by atoms with Crippen molar-refractivity contribution in [1.82, 2.24) is 14.6 Å². The first-order chi connectivity index (χ1) is 7.28. The van der Waals surface area contributed by atoms with Crippen molar-refractivity contribution in [2.45, 2.75) is 20.3 Å². The van der Waals surface area contributed by atoms with Gasteiger partial charge in [-0.1, -0.05) is 6.92 Å². The molecule has 78 valence electrons. The molecular formula is C11H14N4. The minimum Gasteiger partial charge on any atom is -0.278 e. The number of nitrogens with one attached hydrogen (secondary N) is 1. The maximum Gasteiger partial charge on any atom is 0.148 e. The first-order valence-corrected chi connectivity index (χ1v) is 5.02. The van der Waals surface area contributed by atoms with Crippen LogP contribution in [0.25, 0.3) is 0 Å². The highest BCUT2D eigenvalue weighted by Crippen LogP contribution is 2.07. The van der Waals surface area contributed by atoms with Gasteiger partial charge in [0.2, 0.25) is 0 Å². The van der Waals surface area contributed by atoms with Crippen LogP contribution in [0.4, 0.5) is 5.82 Å². The molecule has 2 heterocycles. The Bertz CT molecular complexity index is 434. The van der Waals surface area contributed by atoms with E-state index in [2.05, 4.69) is 22.3 Å². The fourth-order valence-corrected chi connectivity index (χ4v) is 1.41. The third kappa shape index (κ3) is 2.34. The SMILES string of the molecule is CCc1cc(Nn2cccc2)nc(C)n1. The van der Waals surface area contributed by atoms with Crippen molar-refractivity contribution in [2.75, 3.05) is 5.43 Å². The summed E-state index contributed by atoms with van der Waals surface area (Å²) in [6.45, 7) is 3.99. The van der Waals surface area contributed by atoms with Crippen molar-refractivity contribution in [3.05, 3.63) is 42.1 Å². The number of hydrogen-bond donors (Lipinski definition) is 1. The Morgan fingerprint density at radius 3 is 2.67 bits per heavy atom. The Morgan fingerprint density at radius 1 is 1.27 bits per heavy atom. The first-order valence-electron chi connectivity index (χ1n) is 5.02. The zero-order valence-electron chi connectivity index (χ0n) is 8.94. The summed E-state index contributed by atoms with van der Waals surface area (Å²) in [5, 5.41) is 0. The van der Waals surface area contributed by atoms with Crippen LogP contribution in [0.3, 0.4) is 0 Å². The second-order valence-corrected chi connectivity index (χ2v) is 3.35. The molecule has 0 aliphatic rings. The standard InChI is InChI=1S/C11H14N4/c1-3-10-8-11(13-9(2)12-10)14-15-6-4-5-7-15/h4-8H,3H2,1-2H3,(H,12,13,14). The van der Waals surface area contributed by atoms with E-state index in [1.807, 2.05) is 42.2 Å². The van der Waals surface area contributed by atoms with Crippen molar-refractivity contribution >= 4 is 5.82 Å². The van der Waals surface area contributed by atoms with Gasteiger partial charge in [0, 0.05) is 24.2 Å². The summed E-state index contributed by atoms with van der Waals surface area (Å²) in [5.74, 6) is 1.62. The maximum atomic E-state index is 4.32. The third-order valence-corrected chi connectivity index (χ3v) is 2.10. The minimum absolute atomic E-state index is 0.795. The third-order valence-electron chi connectivity index (χ3n) is 2.10. The summed E-state index contributed by atoms with van der Waals surface area (Å²) in [7, 11) is 0. The van der Waals surface area contributed by atoms with Gasteiger partial charge in [0.15, 0.2) is 0 Å². The van der Waals surface area contributed by atoms with E-state index in [1.54, 1.807) is 0 Å². The molecule has 2 rings (SSSR count). The van der Waals surface area contributed by atoms with Crippen LogP contribution >= 0.6 is 0 Å². The summed E-state index contributed by atoms with van der Waals surface area (Å²) < 4.78 is 1.86. The van der Waals surface area contributed by atoms with Gasteiger partial charge >= 0.3 is 0 Å². The van der Waals surface area contributed by atoms with Crippen molar-refractivity contribution in [3.8, 4) is 0 Å². The molecule has 15 heavy (non-hydrogen) atoms. The molecule has 0 amide bonds. The second-order valence-electron chi connectivity index (χ2n) is 3.35. The highest BCUT2D eigenvalue weighted by atomic mass is 15.4. The lowest BCUT2D eigenvalue weighted by molar-refractivity contribution is 0.905. The molecule has 4 nitrogen and oxygen atoms in total. The highest BCUT2D eigenvalue weighted by molar-refractivity contribution is 5.35. The van der Waals surface area contributed by atoms with Crippen molar-refractivity contribution in [1.29, 1.82) is 0 Å². The Labute approximate surface area is 89.0 Å². The quantitative estimate of drug-likeness (QED) is 0.828. The number of rotatable bonds is 3. The lowest BCUT2D eigenvalue weighted by Gasteiger charge is -2.08. The monoisotopic (exact) mass is 202 g/mol. The molecule has 1 N–H and O–H groups in total. The molecule has 0 aliphatic heterocycles. The van der Waals surface area contributed by atoms with Gasteiger partial charge in [0.25, 0.3) is 0 Å². The van der Waals surface area contributed by atoms with Crippen LogP contribution in [-0.4, -0.2) is 14.6 Å². The van der Waals surface area contributed by atoms with Crippen LogP contribution < -0.4 is 5.43 Å². The number of anilines is 1. The lowest BCUT2D eigenvalue weighted by Crippen LogP contribution is -2.09. The second kappa shape index (κ2) is 4.13. The smallest absolute Gasteiger partial charge is 0.148 e. The van der Waals surface area contributed by atoms with E-state index in [9.17, 15) is 0 Å². The average Bonchev–Trinajstić information content (AvgIpc) is 2.69. The molecule has 0 aliphatic carbocycles. The molecule has 0 saturated carbocycles. The Hall–Kier alpha value is -1.84. The molecule has 0 bridgehead atoms. The van der Waals surface area contributed by atoms with Gasteiger partial charge < -0.3 is 0 Å². The van der Waals surface area contributed by atoms with Crippen LogP contribution in [0.15, 0.2) is 30.6 Å². The van der Waals surface area contributed by atoms with Gasteiger partial charge in [-0.3, -0.25) is 10.1 Å². The van der Waals surface area contributed by atoms with E-state index < -0.39 is 0 Å².